The minimum atomic E-state index is 0.466. The van der Waals surface area contributed by atoms with Crippen LogP contribution in [0.5, 0.6) is 0 Å². The maximum absolute atomic E-state index is 3.78. The lowest BCUT2D eigenvalue weighted by Gasteiger charge is -2.18. The predicted molar refractivity (Wildman–Crippen MR) is 67.0 cm³/mol. The molecule has 0 heterocycles. The van der Waals surface area contributed by atoms with Gasteiger partial charge in [0, 0.05) is 6.04 Å². The normalized spacial score (nSPS) is 12.4. The fourth-order valence-electron chi connectivity index (χ4n) is 1.80. The summed E-state index contributed by atoms with van der Waals surface area (Å²) >= 11 is 0. The third kappa shape index (κ3) is 3.88. The smallest absolute Gasteiger partial charge is 0.0323 e. The summed E-state index contributed by atoms with van der Waals surface area (Å²) in [5, 5.41) is 3.51. The molecule has 0 saturated carbocycles. The van der Waals surface area contributed by atoms with Crippen LogP contribution in [-0.4, -0.2) is 6.54 Å². The van der Waals surface area contributed by atoms with E-state index in [1.54, 1.807) is 0 Å². The second kappa shape index (κ2) is 6.41. The number of aryl methyl sites for hydroxylation is 1. The molecule has 0 aliphatic carbocycles. The molecule has 15 heavy (non-hydrogen) atoms. The van der Waals surface area contributed by atoms with E-state index in [0.29, 0.717) is 6.04 Å². The van der Waals surface area contributed by atoms with Crippen LogP contribution in [0.15, 0.2) is 36.9 Å². The van der Waals surface area contributed by atoms with Gasteiger partial charge in [-0.3, -0.25) is 0 Å². The predicted octanol–water partition coefficient (Wildman–Crippen LogP) is 3.61. The highest BCUT2D eigenvalue weighted by Crippen LogP contribution is 2.19. The fraction of sp³-hybridized carbons (Fsp3) is 0.429. The molecule has 0 fully saturated rings. The molecular weight excluding hydrogens is 182 g/mol. The van der Waals surface area contributed by atoms with Crippen molar-refractivity contribution in [3.05, 3.63) is 48.0 Å². The Morgan fingerprint density at radius 2 is 2.27 bits per heavy atom. The third-order valence-electron chi connectivity index (χ3n) is 2.55. The number of hydrogen-bond donors (Lipinski definition) is 1. The molecule has 1 nitrogen and oxygen atoms in total. The minimum Gasteiger partial charge on any atom is -0.310 e. The van der Waals surface area contributed by atoms with E-state index in [4.69, 9.17) is 0 Å². The quantitative estimate of drug-likeness (QED) is 0.696. The van der Waals surface area contributed by atoms with Crippen molar-refractivity contribution in [1.82, 2.24) is 5.32 Å². The Morgan fingerprint density at radius 3 is 2.87 bits per heavy atom. The Labute approximate surface area is 93.2 Å². The number of hydrogen-bond acceptors (Lipinski definition) is 1. The molecule has 1 atom stereocenters. The number of allylic oxidation sites excluding steroid dienone is 1. The van der Waals surface area contributed by atoms with Gasteiger partial charge in [-0.05, 0) is 31.9 Å². The average Bonchev–Trinajstić information content (AvgIpc) is 2.24. The van der Waals surface area contributed by atoms with Crippen molar-refractivity contribution in [3.8, 4) is 0 Å². The van der Waals surface area contributed by atoms with Gasteiger partial charge in [0.25, 0.3) is 0 Å². The van der Waals surface area contributed by atoms with Crippen LogP contribution in [0.1, 0.15) is 36.9 Å². The zero-order chi connectivity index (χ0) is 11.1. The first-order valence-corrected chi connectivity index (χ1v) is 5.68. The summed E-state index contributed by atoms with van der Waals surface area (Å²) in [6.45, 7) is 9.07. The van der Waals surface area contributed by atoms with Crippen LogP contribution in [0.25, 0.3) is 0 Å². The van der Waals surface area contributed by atoms with Gasteiger partial charge < -0.3 is 5.32 Å². The van der Waals surface area contributed by atoms with Crippen molar-refractivity contribution in [2.75, 3.05) is 6.54 Å². The monoisotopic (exact) mass is 203 g/mol. The Bertz CT molecular complexity index is 304. The summed E-state index contributed by atoms with van der Waals surface area (Å²) in [4.78, 5) is 0. The van der Waals surface area contributed by atoms with Crippen LogP contribution in [0, 0.1) is 6.92 Å². The summed E-state index contributed by atoms with van der Waals surface area (Å²) in [6, 6.07) is 9.19. The van der Waals surface area contributed by atoms with Crippen molar-refractivity contribution in [2.45, 2.75) is 32.7 Å². The molecule has 0 amide bonds. The van der Waals surface area contributed by atoms with Crippen molar-refractivity contribution < 1.29 is 0 Å². The van der Waals surface area contributed by atoms with Crippen LogP contribution in [0.3, 0.4) is 0 Å². The lowest BCUT2D eigenvalue weighted by molar-refractivity contribution is 0.519. The van der Waals surface area contributed by atoms with Gasteiger partial charge in [0.1, 0.15) is 0 Å². The molecule has 0 radical (unpaired) electrons. The molecule has 0 spiro atoms. The second-order valence-corrected chi connectivity index (χ2v) is 3.89. The Morgan fingerprint density at radius 1 is 1.47 bits per heavy atom. The summed E-state index contributed by atoms with van der Waals surface area (Å²) in [5.41, 5.74) is 2.72. The molecule has 0 saturated heterocycles. The van der Waals surface area contributed by atoms with E-state index in [1.807, 2.05) is 6.08 Å². The third-order valence-corrected chi connectivity index (χ3v) is 2.55. The van der Waals surface area contributed by atoms with Crippen molar-refractivity contribution in [3.63, 3.8) is 0 Å². The molecule has 1 unspecified atom stereocenters. The van der Waals surface area contributed by atoms with E-state index in [1.165, 1.54) is 11.1 Å². The lowest BCUT2D eigenvalue weighted by atomic mass is 10.0. The summed E-state index contributed by atoms with van der Waals surface area (Å²) in [7, 11) is 0. The van der Waals surface area contributed by atoms with Crippen molar-refractivity contribution in [2.24, 2.45) is 0 Å². The largest absolute Gasteiger partial charge is 0.310 e. The van der Waals surface area contributed by atoms with Gasteiger partial charge in [-0.2, -0.15) is 0 Å². The first kappa shape index (κ1) is 12.0. The van der Waals surface area contributed by atoms with E-state index in [0.717, 1.165) is 19.4 Å². The molecule has 0 aliphatic heterocycles. The van der Waals surface area contributed by atoms with E-state index in [9.17, 15) is 0 Å². The molecule has 1 N–H and O–H groups in total. The molecule has 1 aromatic carbocycles. The highest BCUT2D eigenvalue weighted by atomic mass is 14.9. The summed E-state index contributed by atoms with van der Waals surface area (Å²) in [6.07, 6.45) is 4.17. The fourth-order valence-corrected chi connectivity index (χ4v) is 1.80. The maximum Gasteiger partial charge on any atom is 0.0323 e. The highest BCUT2D eigenvalue weighted by Gasteiger charge is 2.08. The average molecular weight is 203 g/mol. The first-order chi connectivity index (χ1) is 7.27. The molecule has 0 aliphatic rings. The van der Waals surface area contributed by atoms with Crippen LogP contribution in [0.2, 0.25) is 0 Å². The summed E-state index contributed by atoms with van der Waals surface area (Å²) < 4.78 is 0. The minimum absolute atomic E-state index is 0.466. The van der Waals surface area contributed by atoms with Crippen molar-refractivity contribution in [1.29, 1.82) is 0 Å². The first-order valence-electron chi connectivity index (χ1n) is 5.68. The van der Waals surface area contributed by atoms with Crippen LogP contribution in [0.4, 0.5) is 0 Å². The molecule has 0 bridgehead atoms. The zero-order valence-corrected chi connectivity index (χ0v) is 9.79. The van der Waals surface area contributed by atoms with Gasteiger partial charge >= 0.3 is 0 Å². The molecule has 1 aromatic rings. The number of benzene rings is 1. The van der Waals surface area contributed by atoms with Crippen LogP contribution < -0.4 is 5.32 Å². The van der Waals surface area contributed by atoms with Gasteiger partial charge in [0.15, 0.2) is 0 Å². The lowest BCUT2D eigenvalue weighted by Crippen LogP contribution is -2.20. The topological polar surface area (TPSA) is 12.0 Å². The maximum atomic E-state index is 3.78. The Hall–Kier alpha value is -1.08. The SMILES string of the molecule is C=CCCC(NCC)c1cccc(C)c1. The van der Waals surface area contributed by atoms with Gasteiger partial charge in [-0.15, -0.1) is 6.58 Å². The standard InChI is InChI=1S/C14H21N/c1-4-6-10-14(15-5-2)13-9-7-8-12(3)11-13/h4,7-9,11,14-15H,1,5-6,10H2,2-3H3. The zero-order valence-electron chi connectivity index (χ0n) is 9.79. The highest BCUT2D eigenvalue weighted by molar-refractivity contribution is 5.25. The molecule has 1 heteroatoms. The number of rotatable bonds is 6. The molecule has 1 rings (SSSR count). The molecule has 0 aromatic heterocycles. The van der Waals surface area contributed by atoms with E-state index in [-0.39, 0.29) is 0 Å². The van der Waals surface area contributed by atoms with Gasteiger partial charge in [-0.1, -0.05) is 42.8 Å². The van der Waals surface area contributed by atoms with Crippen molar-refractivity contribution >= 4 is 0 Å². The van der Waals surface area contributed by atoms with Gasteiger partial charge in [-0.25, -0.2) is 0 Å². The van der Waals surface area contributed by atoms with Crippen LogP contribution in [-0.2, 0) is 0 Å². The Balaban J connectivity index is 2.73. The van der Waals surface area contributed by atoms with E-state index < -0.39 is 0 Å². The molecular formula is C14H21N. The molecule has 82 valence electrons. The second-order valence-electron chi connectivity index (χ2n) is 3.89. The van der Waals surface area contributed by atoms with E-state index in [2.05, 4.69) is 50.0 Å². The van der Waals surface area contributed by atoms with Crippen LogP contribution >= 0.6 is 0 Å². The van der Waals surface area contributed by atoms with Gasteiger partial charge in [0.2, 0.25) is 0 Å². The van der Waals surface area contributed by atoms with Gasteiger partial charge in [0.05, 0.1) is 0 Å². The Kier molecular flexibility index (Phi) is 5.13. The number of nitrogens with one attached hydrogen (secondary N) is 1. The van der Waals surface area contributed by atoms with E-state index >= 15 is 0 Å². The summed E-state index contributed by atoms with van der Waals surface area (Å²) in [5.74, 6) is 0.